The molecule has 0 saturated carbocycles. The summed E-state index contributed by atoms with van der Waals surface area (Å²) < 4.78 is 0. The third kappa shape index (κ3) is 3.18. The minimum atomic E-state index is 0. The van der Waals surface area contributed by atoms with E-state index in [1.807, 2.05) is 12.1 Å². The fourth-order valence-electron chi connectivity index (χ4n) is 0.955. The van der Waals surface area contributed by atoms with Crippen LogP contribution in [0.2, 0.25) is 0 Å². The molecule has 60 valence electrons. The largest absolute Gasteiger partial charge is 1.00 e. The second-order valence-electron chi connectivity index (χ2n) is 3.77. The average molecular weight is 172 g/mol. The molecule has 0 amide bonds. The Bertz CT molecular complexity index is 233. The summed E-state index contributed by atoms with van der Waals surface area (Å²) in [7, 11) is 0. The molecule has 0 N–H and O–H groups in total. The molecule has 1 nitrogen and oxygen atoms in total. The first-order valence-corrected chi connectivity index (χ1v) is 3.78. The maximum Gasteiger partial charge on any atom is 1.00 e. The minimum Gasteiger partial charge on any atom is -0.872 e. The zero-order chi connectivity index (χ0) is 8.48. The Morgan fingerprint density at radius 1 is 1.00 bits per heavy atom. The van der Waals surface area contributed by atoms with Gasteiger partial charge in [0, 0.05) is 0 Å². The van der Waals surface area contributed by atoms with Gasteiger partial charge in [0.1, 0.15) is 0 Å². The van der Waals surface area contributed by atoms with Crippen molar-refractivity contribution in [2.24, 2.45) is 0 Å². The van der Waals surface area contributed by atoms with Gasteiger partial charge in [0.25, 0.3) is 0 Å². The van der Waals surface area contributed by atoms with E-state index in [1.165, 1.54) is 5.56 Å². The van der Waals surface area contributed by atoms with E-state index in [4.69, 9.17) is 0 Å². The van der Waals surface area contributed by atoms with Crippen molar-refractivity contribution >= 4 is 0 Å². The van der Waals surface area contributed by atoms with E-state index in [2.05, 4.69) is 20.8 Å². The Morgan fingerprint density at radius 3 is 1.75 bits per heavy atom. The molecule has 12 heavy (non-hydrogen) atoms. The van der Waals surface area contributed by atoms with Crippen molar-refractivity contribution in [3.8, 4) is 5.75 Å². The van der Waals surface area contributed by atoms with Crippen molar-refractivity contribution in [3.63, 3.8) is 0 Å². The normalized spacial score (nSPS) is 10.6. The molecule has 0 saturated heterocycles. The van der Waals surface area contributed by atoms with Crippen LogP contribution < -0.4 is 34.7 Å². The standard InChI is InChI=1S/C10H14O.Na/c1-10(2,3)8-4-6-9(11)7-5-8;/h4-7,11H,1-3H3;/q;+1/p-1. The van der Waals surface area contributed by atoms with Gasteiger partial charge in [-0.15, -0.1) is 5.75 Å². The predicted octanol–water partition coefficient (Wildman–Crippen LogP) is -0.938. The first-order valence-electron chi connectivity index (χ1n) is 3.78. The molecule has 0 radical (unpaired) electrons. The van der Waals surface area contributed by atoms with E-state index in [0.717, 1.165) is 0 Å². The van der Waals surface area contributed by atoms with Crippen molar-refractivity contribution in [1.29, 1.82) is 0 Å². The van der Waals surface area contributed by atoms with Gasteiger partial charge in [-0.3, -0.25) is 0 Å². The van der Waals surface area contributed by atoms with Crippen LogP contribution in [0.15, 0.2) is 24.3 Å². The molecule has 0 heterocycles. The fraction of sp³-hybridized carbons (Fsp3) is 0.400. The molecule has 0 aliphatic heterocycles. The number of rotatable bonds is 0. The first-order chi connectivity index (χ1) is 5.00. The third-order valence-corrected chi connectivity index (χ3v) is 1.72. The van der Waals surface area contributed by atoms with Crippen LogP contribution in [0.5, 0.6) is 5.75 Å². The molecular weight excluding hydrogens is 159 g/mol. The van der Waals surface area contributed by atoms with Crippen LogP contribution in [0.4, 0.5) is 0 Å². The molecule has 0 unspecified atom stereocenters. The number of hydrogen-bond donors (Lipinski definition) is 0. The van der Waals surface area contributed by atoms with Crippen LogP contribution in [-0.4, -0.2) is 0 Å². The zero-order valence-electron chi connectivity index (χ0n) is 8.22. The van der Waals surface area contributed by atoms with Gasteiger partial charge >= 0.3 is 29.6 Å². The number of hydrogen-bond acceptors (Lipinski definition) is 1. The van der Waals surface area contributed by atoms with Crippen molar-refractivity contribution in [2.75, 3.05) is 0 Å². The van der Waals surface area contributed by atoms with E-state index < -0.39 is 0 Å². The Hall–Kier alpha value is 0.0200. The summed E-state index contributed by atoms with van der Waals surface area (Å²) in [4.78, 5) is 0. The van der Waals surface area contributed by atoms with E-state index in [-0.39, 0.29) is 40.7 Å². The van der Waals surface area contributed by atoms with Gasteiger partial charge in [-0.05, 0) is 11.0 Å². The van der Waals surface area contributed by atoms with Crippen LogP contribution in [0.1, 0.15) is 26.3 Å². The first kappa shape index (κ1) is 12.0. The quantitative estimate of drug-likeness (QED) is 0.463. The maximum absolute atomic E-state index is 10.7. The van der Waals surface area contributed by atoms with Gasteiger partial charge in [-0.25, -0.2) is 0 Å². The smallest absolute Gasteiger partial charge is 0.872 e. The van der Waals surface area contributed by atoms with Crippen LogP contribution in [-0.2, 0) is 5.41 Å². The molecule has 0 aliphatic rings. The summed E-state index contributed by atoms with van der Waals surface area (Å²) in [6, 6.07) is 7.01. The van der Waals surface area contributed by atoms with E-state index in [0.29, 0.717) is 0 Å². The molecule has 0 aromatic heterocycles. The van der Waals surface area contributed by atoms with Gasteiger partial charge in [-0.2, -0.15) is 0 Å². The molecule has 0 fully saturated rings. The third-order valence-electron chi connectivity index (χ3n) is 1.72. The predicted molar refractivity (Wildman–Crippen MR) is 44.6 cm³/mol. The van der Waals surface area contributed by atoms with E-state index in [9.17, 15) is 5.11 Å². The summed E-state index contributed by atoms with van der Waals surface area (Å²) in [6.07, 6.45) is 0. The molecule has 0 bridgehead atoms. The summed E-state index contributed by atoms with van der Waals surface area (Å²) >= 11 is 0. The van der Waals surface area contributed by atoms with Gasteiger partial charge in [0.2, 0.25) is 0 Å². The fourth-order valence-corrected chi connectivity index (χ4v) is 0.955. The summed E-state index contributed by atoms with van der Waals surface area (Å²) in [5.74, 6) is 0.0815. The van der Waals surface area contributed by atoms with Crippen LogP contribution in [0.3, 0.4) is 0 Å². The molecule has 0 atom stereocenters. The molecule has 0 spiro atoms. The SMILES string of the molecule is CC(C)(C)c1ccc([O-])cc1.[Na+]. The van der Waals surface area contributed by atoms with Crippen molar-refractivity contribution in [2.45, 2.75) is 26.2 Å². The van der Waals surface area contributed by atoms with Crippen LogP contribution in [0, 0.1) is 0 Å². The van der Waals surface area contributed by atoms with E-state index >= 15 is 0 Å². The van der Waals surface area contributed by atoms with E-state index in [1.54, 1.807) is 12.1 Å². The molecule has 0 aliphatic carbocycles. The van der Waals surface area contributed by atoms with Gasteiger partial charge < -0.3 is 5.11 Å². The van der Waals surface area contributed by atoms with Crippen LogP contribution in [0.25, 0.3) is 0 Å². The summed E-state index contributed by atoms with van der Waals surface area (Å²) in [5.41, 5.74) is 1.35. The van der Waals surface area contributed by atoms with Crippen molar-refractivity contribution in [3.05, 3.63) is 29.8 Å². The Morgan fingerprint density at radius 2 is 1.42 bits per heavy atom. The minimum absolute atomic E-state index is 0. The van der Waals surface area contributed by atoms with Crippen molar-refractivity contribution in [1.82, 2.24) is 0 Å². The Labute approximate surface area is 96.1 Å². The molecule has 2 heteroatoms. The molecule has 1 rings (SSSR count). The van der Waals surface area contributed by atoms with Crippen molar-refractivity contribution < 1.29 is 34.7 Å². The Balaban J connectivity index is 0.00000121. The van der Waals surface area contributed by atoms with Crippen LogP contribution >= 0.6 is 0 Å². The molecule has 1 aromatic carbocycles. The summed E-state index contributed by atoms with van der Waals surface area (Å²) in [5, 5.41) is 10.7. The monoisotopic (exact) mass is 172 g/mol. The van der Waals surface area contributed by atoms with Gasteiger partial charge in [0.05, 0.1) is 0 Å². The maximum atomic E-state index is 10.7. The van der Waals surface area contributed by atoms with Gasteiger partial charge in [-0.1, -0.05) is 45.0 Å². The second-order valence-corrected chi connectivity index (χ2v) is 3.77. The molecular formula is C10H13NaO. The van der Waals surface area contributed by atoms with Gasteiger partial charge in [0.15, 0.2) is 0 Å². The summed E-state index contributed by atoms with van der Waals surface area (Å²) in [6.45, 7) is 6.40. The average Bonchev–Trinajstić information content (AvgIpc) is 1.86. The Kier molecular flexibility index (Phi) is 4.32. The number of benzene rings is 1. The topological polar surface area (TPSA) is 23.1 Å². The second kappa shape index (κ2) is 4.31. The molecule has 1 aromatic rings. The zero-order valence-corrected chi connectivity index (χ0v) is 10.2.